The summed E-state index contributed by atoms with van der Waals surface area (Å²) in [5.41, 5.74) is 5.40. The second-order valence-corrected chi connectivity index (χ2v) is 11.0. The lowest BCUT2D eigenvalue weighted by Crippen LogP contribution is -2.52. The van der Waals surface area contributed by atoms with Crippen LogP contribution in [0.25, 0.3) is 17.3 Å². The van der Waals surface area contributed by atoms with Crippen molar-refractivity contribution in [1.82, 2.24) is 24.7 Å². The van der Waals surface area contributed by atoms with Crippen LogP contribution in [0.15, 0.2) is 54.7 Å². The molecule has 0 radical (unpaired) electrons. The standard InChI is InChI=1S/C31H35N7O2/c1-36-14-16-37(17-15-36)25-10-12-38(13-11-25)31(40)22-4-2-21(3-5-22)26(32)7-9-29-33-20-28(34-29)23-6-8-27-24(18-23)19-30(39)35-27/h2-9,18,20,25,32H,10-17,19H2,1H3,(H,33,34)(H,35,39)/b9-7-,32-26?. The molecule has 0 atom stereocenters. The summed E-state index contributed by atoms with van der Waals surface area (Å²) in [5, 5.41) is 11.3. The van der Waals surface area contributed by atoms with E-state index in [2.05, 4.69) is 32.1 Å². The number of anilines is 1. The molecule has 0 aliphatic carbocycles. The summed E-state index contributed by atoms with van der Waals surface area (Å²) in [4.78, 5) is 39.4. The molecule has 3 aliphatic rings. The molecule has 9 nitrogen and oxygen atoms in total. The molecule has 40 heavy (non-hydrogen) atoms. The number of carbonyl (C=O) groups is 2. The van der Waals surface area contributed by atoms with Crippen LogP contribution < -0.4 is 5.32 Å². The third-order valence-corrected chi connectivity index (χ3v) is 8.29. The monoisotopic (exact) mass is 537 g/mol. The summed E-state index contributed by atoms with van der Waals surface area (Å²) in [6.45, 7) is 6.07. The van der Waals surface area contributed by atoms with E-state index >= 15 is 0 Å². The van der Waals surface area contributed by atoms with Crippen molar-refractivity contribution < 1.29 is 9.59 Å². The summed E-state index contributed by atoms with van der Waals surface area (Å²) in [6, 6.07) is 13.8. The van der Waals surface area contributed by atoms with Gasteiger partial charge in [0, 0.05) is 56.6 Å². The van der Waals surface area contributed by atoms with E-state index in [0.717, 1.165) is 80.2 Å². The van der Waals surface area contributed by atoms with E-state index in [9.17, 15) is 9.59 Å². The molecule has 1 aromatic heterocycles. The summed E-state index contributed by atoms with van der Waals surface area (Å²) in [6.07, 6.45) is 7.67. The first kappa shape index (κ1) is 26.2. The van der Waals surface area contributed by atoms with Crippen LogP contribution in [0, 0.1) is 5.41 Å². The number of nitrogens with one attached hydrogen (secondary N) is 3. The number of benzene rings is 2. The highest BCUT2D eigenvalue weighted by molar-refractivity contribution is 6.09. The van der Waals surface area contributed by atoms with Crippen LogP contribution in [0.4, 0.5) is 5.69 Å². The number of rotatable bonds is 6. The van der Waals surface area contributed by atoms with Gasteiger partial charge in [0.25, 0.3) is 5.91 Å². The number of aromatic nitrogens is 2. The molecule has 4 heterocycles. The molecule has 2 aromatic carbocycles. The van der Waals surface area contributed by atoms with Crippen LogP contribution >= 0.6 is 0 Å². The molecule has 6 rings (SSSR count). The van der Waals surface area contributed by atoms with Crippen molar-refractivity contribution in [3.63, 3.8) is 0 Å². The molecular weight excluding hydrogens is 502 g/mol. The summed E-state index contributed by atoms with van der Waals surface area (Å²) in [5.74, 6) is 0.721. The third kappa shape index (κ3) is 5.61. The second-order valence-electron chi connectivity index (χ2n) is 11.0. The highest BCUT2D eigenvalue weighted by Gasteiger charge is 2.28. The Hall–Kier alpha value is -4.08. The quantitative estimate of drug-likeness (QED) is 0.417. The number of allylic oxidation sites excluding steroid dienone is 1. The van der Waals surface area contributed by atoms with Crippen LogP contribution in [0.3, 0.4) is 0 Å². The zero-order chi connectivity index (χ0) is 27.6. The van der Waals surface area contributed by atoms with Crippen molar-refractivity contribution >= 4 is 29.3 Å². The Balaban J connectivity index is 1.03. The molecular formula is C31H35N7O2. The smallest absolute Gasteiger partial charge is 0.253 e. The van der Waals surface area contributed by atoms with E-state index < -0.39 is 0 Å². The van der Waals surface area contributed by atoms with Crippen LogP contribution in [0.5, 0.6) is 0 Å². The predicted octanol–water partition coefficient (Wildman–Crippen LogP) is 3.50. The van der Waals surface area contributed by atoms with Crippen LogP contribution in [-0.2, 0) is 11.2 Å². The number of fused-ring (bicyclic) bond motifs is 1. The van der Waals surface area contributed by atoms with E-state index in [1.165, 1.54) is 0 Å². The van der Waals surface area contributed by atoms with E-state index in [4.69, 9.17) is 5.41 Å². The van der Waals surface area contributed by atoms with Gasteiger partial charge in [0.2, 0.25) is 5.91 Å². The van der Waals surface area contributed by atoms with Crippen LogP contribution in [-0.4, -0.2) is 94.6 Å². The summed E-state index contributed by atoms with van der Waals surface area (Å²) >= 11 is 0. The largest absolute Gasteiger partial charge is 0.339 e. The molecule has 3 N–H and O–H groups in total. The fraction of sp³-hybridized carbons (Fsp3) is 0.355. The maximum Gasteiger partial charge on any atom is 0.253 e. The number of aromatic amines is 1. The van der Waals surface area contributed by atoms with E-state index in [1.807, 2.05) is 47.4 Å². The summed E-state index contributed by atoms with van der Waals surface area (Å²) < 4.78 is 0. The molecule has 2 saturated heterocycles. The Labute approximate surface area is 234 Å². The van der Waals surface area contributed by atoms with Crippen molar-refractivity contribution in [3.05, 3.63) is 77.3 Å². The Morgan fingerprint density at radius 2 is 1.73 bits per heavy atom. The molecule has 0 spiro atoms. The molecule has 9 heteroatoms. The van der Waals surface area contributed by atoms with Crippen molar-refractivity contribution in [1.29, 1.82) is 5.41 Å². The average molecular weight is 538 g/mol. The van der Waals surface area contributed by atoms with Gasteiger partial charge in [-0.1, -0.05) is 18.2 Å². The topological polar surface area (TPSA) is 108 Å². The number of piperazine rings is 1. The Bertz CT molecular complexity index is 1440. The maximum atomic E-state index is 13.1. The number of nitrogens with zero attached hydrogens (tertiary/aromatic N) is 4. The highest BCUT2D eigenvalue weighted by atomic mass is 16.2. The number of amides is 2. The number of hydrogen-bond acceptors (Lipinski definition) is 6. The first-order valence-electron chi connectivity index (χ1n) is 14.0. The number of imidazole rings is 1. The minimum atomic E-state index is 0.0117. The lowest BCUT2D eigenvalue weighted by atomic mass is 10.0. The first-order chi connectivity index (χ1) is 19.4. The van der Waals surface area contributed by atoms with Crippen molar-refractivity contribution in [2.24, 2.45) is 0 Å². The van der Waals surface area contributed by atoms with Gasteiger partial charge in [0.15, 0.2) is 0 Å². The number of hydrogen-bond donors (Lipinski definition) is 3. The Kier molecular flexibility index (Phi) is 7.32. The van der Waals surface area contributed by atoms with Gasteiger partial charge in [-0.2, -0.15) is 0 Å². The zero-order valence-corrected chi connectivity index (χ0v) is 22.8. The van der Waals surface area contributed by atoms with E-state index in [0.29, 0.717) is 29.6 Å². The van der Waals surface area contributed by atoms with E-state index in [1.54, 1.807) is 18.3 Å². The fourth-order valence-electron chi connectivity index (χ4n) is 5.82. The number of H-pyrrole nitrogens is 1. The van der Waals surface area contributed by atoms with Crippen molar-refractivity contribution in [2.75, 3.05) is 51.6 Å². The van der Waals surface area contributed by atoms with Gasteiger partial charge >= 0.3 is 0 Å². The molecule has 0 saturated carbocycles. The second kappa shape index (κ2) is 11.2. The number of likely N-dealkylation sites (tertiary alicyclic amines) is 1. The molecule has 0 unspecified atom stereocenters. The normalized spacial score (nSPS) is 18.7. The van der Waals surface area contributed by atoms with Gasteiger partial charge in [-0.25, -0.2) is 4.98 Å². The molecule has 3 aliphatic heterocycles. The Morgan fingerprint density at radius 1 is 1.00 bits per heavy atom. The van der Waals surface area contributed by atoms with Crippen molar-refractivity contribution in [2.45, 2.75) is 25.3 Å². The minimum absolute atomic E-state index is 0.0117. The Morgan fingerprint density at radius 3 is 2.48 bits per heavy atom. The first-order valence-corrected chi connectivity index (χ1v) is 14.0. The molecule has 3 aromatic rings. The maximum absolute atomic E-state index is 13.1. The van der Waals surface area contributed by atoms with Crippen LogP contribution in [0.2, 0.25) is 0 Å². The SMILES string of the molecule is CN1CCN(C2CCN(C(=O)c3ccc(C(=N)/C=C\c4ncc(-c5ccc6c(c5)CC(=O)N6)[nH]4)cc3)CC2)CC1. The van der Waals surface area contributed by atoms with E-state index in [-0.39, 0.29) is 11.8 Å². The van der Waals surface area contributed by atoms with Crippen molar-refractivity contribution in [3.8, 4) is 11.3 Å². The van der Waals surface area contributed by atoms with Gasteiger partial charge in [-0.3, -0.25) is 14.5 Å². The average Bonchev–Trinajstić information content (AvgIpc) is 3.61. The molecule has 206 valence electrons. The summed E-state index contributed by atoms with van der Waals surface area (Å²) in [7, 11) is 2.18. The fourth-order valence-corrected chi connectivity index (χ4v) is 5.82. The highest BCUT2D eigenvalue weighted by Crippen LogP contribution is 2.28. The lowest BCUT2D eigenvalue weighted by molar-refractivity contribution is -0.115. The number of carbonyl (C=O) groups excluding carboxylic acids is 2. The predicted molar refractivity (Wildman–Crippen MR) is 157 cm³/mol. The number of piperidine rings is 1. The van der Waals surface area contributed by atoms with Crippen LogP contribution in [0.1, 0.15) is 40.2 Å². The minimum Gasteiger partial charge on any atom is -0.339 e. The molecule has 0 bridgehead atoms. The number of likely N-dealkylation sites (N-methyl/N-ethyl adjacent to an activating group) is 1. The lowest BCUT2D eigenvalue weighted by Gasteiger charge is -2.42. The van der Waals surface area contributed by atoms with Gasteiger partial charge in [-0.15, -0.1) is 0 Å². The van der Waals surface area contributed by atoms with Gasteiger partial charge < -0.3 is 25.5 Å². The molecule has 2 fully saturated rings. The van der Waals surface area contributed by atoms with Gasteiger partial charge in [0.05, 0.1) is 24.0 Å². The van der Waals surface area contributed by atoms with Gasteiger partial charge in [-0.05, 0) is 73.0 Å². The zero-order valence-electron chi connectivity index (χ0n) is 22.8. The molecule has 2 amide bonds. The third-order valence-electron chi connectivity index (χ3n) is 8.29. The van der Waals surface area contributed by atoms with Gasteiger partial charge in [0.1, 0.15) is 5.82 Å².